The second kappa shape index (κ2) is 11.9. The fraction of sp³-hybridized carbons (Fsp3) is 0.800. The van der Waals surface area contributed by atoms with Crippen molar-refractivity contribution in [1.29, 1.82) is 0 Å². The first-order valence-electron chi connectivity index (χ1n) is 9.56. The highest BCUT2D eigenvalue weighted by Gasteiger charge is 2.39. The van der Waals surface area contributed by atoms with Gasteiger partial charge < -0.3 is 15.2 Å². The molecule has 0 rings (SSSR count). The lowest BCUT2D eigenvalue weighted by atomic mass is 9.88. The van der Waals surface area contributed by atoms with Crippen LogP contribution in [0.2, 0.25) is 0 Å². The van der Waals surface area contributed by atoms with Crippen LogP contribution >= 0.6 is 0 Å². The first-order chi connectivity index (χ1) is 11.7. The second-order valence-electron chi connectivity index (χ2n) is 7.64. The van der Waals surface area contributed by atoms with Gasteiger partial charge in [0, 0.05) is 0 Å². The minimum absolute atomic E-state index is 0.275. The molecule has 1 atom stereocenters. The number of alkyl carbamates (subject to hydrolysis) is 1. The molecule has 5 heteroatoms. The van der Waals surface area contributed by atoms with Crippen LogP contribution in [0.3, 0.4) is 0 Å². The zero-order chi connectivity index (χ0) is 19.3. The minimum Gasteiger partial charge on any atom is -0.479 e. The summed E-state index contributed by atoms with van der Waals surface area (Å²) < 4.78 is 5.27. The van der Waals surface area contributed by atoms with Gasteiger partial charge in [-0.2, -0.15) is 0 Å². The Kier molecular flexibility index (Phi) is 11.2. The summed E-state index contributed by atoms with van der Waals surface area (Å²) in [5.41, 5.74) is -1.97. The average molecular weight is 356 g/mol. The topological polar surface area (TPSA) is 75.6 Å². The normalized spacial score (nSPS) is 14.3. The van der Waals surface area contributed by atoms with E-state index in [9.17, 15) is 14.7 Å². The van der Waals surface area contributed by atoms with Crippen LogP contribution in [0.1, 0.15) is 92.4 Å². The Morgan fingerprint density at radius 3 is 2.12 bits per heavy atom. The number of ether oxygens (including phenoxy) is 1. The van der Waals surface area contributed by atoms with Crippen LogP contribution in [0.25, 0.3) is 0 Å². The number of aliphatic carboxylic acids is 1. The third kappa shape index (κ3) is 10.8. The number of amides is 1. The molecular formula is C20H37NO4. The number of carbonyl (C=O) groups excluding carboxylic acids is 1. The summed E-state index contributed by atoms with van der Waals surface area (Å²) in [5.74, 6) is -1.01. The lowest BCUT2D eigenvalue weighted by molar-refractivity contribution is -0.145. The van der Waals surface area contributed by atoms with Gasteiger partial charge in [-0.3, -0.25) is 0 Å². The Bertz CT molecular complexity index is 426. The zero-order valence-electron chi connectivity index (χ0n) is 16.7. The van der Waals surface area contributed by atoms with Gasteiger partial charge in [0.2, 0.25) is 0 Å². The van der Waals surface area contributed by atoms with E-state index in [-0.39, 0.29) is 6.42 Å². The van der Waals surface area contributed by atoms with E-state index in [2.05, 4.69) is 19.2 Å². The molecule has 0 aliphatic carbocycles. The van der Waals surface area contributed by atoms with Crippen LogP contribution < -0.4 is 5.32 Å². The molecule has 5 nitrogen and oxygen atoms in total. The van der Waals surface area contributed by atoms with Gasteiger partial charge in [0.25, 0.3) is 0 Å². The van der Waals surface area contributed by atoms with Gasteiger partial charge in [-0.15, -0.1) is 0 Å². The highest BCUT2D eigenvalue weighted by atomic mass is 16.6. The third-order valence-corrected chi connectivity index (χ3v) is 3.96. The SMILES string of the molecule is CCCCC/C=C\CC(CCCCC)(NC(=O)OC(C)(C)C)C(=O)O. The number of hydrogen-bond acceptors (Lipinski definition) is 3. The van der Waals surface area contributed by atoms with E-state index in [0.29, 0.717) is 6.42 Å². The summed E-state index contributed by atoms with van der Waals surface area (Å²) in [6.07, 6.45) is 10.9. The molecule has 0 fully saturated rings. The van der Waals surface area contributed by atoms with Crippen LogP contribution in [-0.4, -0.2) is 28.3 Å². The molecule has 146 valence electrons. The van der Waals surface area contributed by atoms with Crippen LogP contribution in [0.15, 0.2) is 12.2 Å². The maximum Gasteiger partial charge on any atom is 0.408 e. The van der Waals surface area contributed by atoms with E-state index in [1.807, 2.05) is 12.2 Å². The first-order valence-corrected chi connectivity index (χ1v) is 9.56. The van der Waals surface area contributed by atoms with E-state index < -0.39 is 23.2 Å². The largest absolute Gasteiger partial charge is 0.479 e. The fourth-order valence-corrected chi connectivity index (χ4v) is 2.55. The van der Waals surface area contributed by atoms with Gasteiger partial charge in [0.15, 0.2) is 0 Å². The van der Waals surface area contributed by atoms with Gasteiger partial charge in [-0.25, -0.2) is 9.59 Å². The number of carboxylic acids is 1. The van der Waals surface area contributed by atoms with Crippen LogP contribution in [0, 0.1) is 0 Å². The molecule has 0 saturated carbocycles. The summed E-state index contributed by atoms with van der Waals surface area (Å²) in [5, 5.41) is 12.4. The molecule has 0 bridgehead atoms. The van der Waals surface area contributed by atoms with Crippen molar-refractivity contribution in [2.45, 2.75) is 104 Å². The van der Waals surface area contributed by atoms with Crippen LogP contribution in [-0.2, 0) is 9.53 Å². The summed E-state index contributed by atoms with van der Waals surface area (Å²) in [6, 6.07) is 0. The molecule has 0 aromatic rings. The molecule has 0 aromatic heterocycles. The Morgan fingerprint density at radius 1 is 1.00 bits per heavy atom. The molecule has 0 saturated heterocycles. The molecule has 0 radical (unpaired) electrons. The summed E-state index contributed by atoms with van der Waals surface area (Å²) in [7, 11) is 0. The molecule has 0 aliphatic heterocycles. The van der Waals surface area contributed by atoms with Gasteiger partial charge in [0.1, 0.15) is 11.1 Å². The predicted molar refractivity (Wildman–Crippen MR) is 102 cm³/mol. The van der Waals surface area contributed by atoms with Crippen molar-refractivity contribution in [1.82, 2.24) is 5.32 Å². The average Bonchev–Trinajstić information content (AvgIpc) is 2.48. The lowest BCUT2D eigenvalue weighted by Gasteiger charge is -2.31. The zero-order valence-corrected chi connectivity index (χ0v) is 16.7. The molecule has 0 aliphatic rings. The van der Waals surface area contributed by atoms with Crippen molar-refractivity contribution in [3.05, 3.63) is 12.2 Å². The number of rotatable bonds is 12. The molecular weight excluding hydrogens is 318 g/mol. The highest BCUT2D eigenvalue weighted by molar-refractivity contribution is 5.84. The second-order valence-corrected chi connectivity index (χ2v) is 7.64. The molecule has 2 N–H and O–H groups in total. The maximum absolute atomic E-state index is 12.2. The van der Waals surface area contributed by atoms with E-state index >= 15 is 0 Å². The van der Waals surface area contributed by atoms with Crippen LogP contribution in [0.5, 0.6) is 0 Å². The van der Waals surface area contributed by atoms with E-state index in [1.165, 1.54) is 6.42 Å². The number of nitrogens with one attached hydrogen (secondary N) is 1. The van der Waals surface area contributed by atoms with Crippen molar-refractivity contribution in [3.63, 3.8) is 0 Å². The third-order valence-electron chi connectivity index (χ3n) is 3.96. The van der Waals surface area contributed by atoms with Crippen molar-refractivity contribution >= 4 is 12.1 Å². The smallest absolute Gasteiger partial charge is 0.408 e. The Labute approximate surface area is 153 Å². The van der Waals surface area contributed by atoms with E-state index in [1.54, 1.807) is 20.8 Å². The van der Waals surface area contributed by atoms with Crippen LogP contribution in [0.4, 0.5) is 4.79 Å². The van der Waals surface area contributed by atoms with E-state index in [4.69, 9.17) is 4.74 Å². The standard InChI is InChI=1S/C20H37NO4/c1-6-8-10-11-12-14-16-20(17(22)23,15-13-9-7-2)21-18(24)25-19(3,4)5/h12,14H,6-11,13,15-16H2,1-5H3,(H,21,24)(H,22,23)/b14-12-. The van der Waals surface area contributed by atoms with Gasteiger partial charge in [-0.1, -0.05) is 58.1 Å². The minimum atomic E-state index is -1.31. The quantitative estimate of drug-likeness (QED) is 0.361. The summed E-state index contributed by atoms with van der Waals surface area (Å²) >= 11 is 0. The number of hydrogen-bond donors (Lipinski definition) is 2. The monoisotopic (exact) mass is 355 g/mol. The van der Waals surface area contributed by atoms with Gasteiger partial charge in [0.05, 0.1) is 0 Å². The Balaban J connectivity index is 5.03. The molecule has 0 heterocycles. The number of carboxylic acid groups (broad SMARTS) is 1. The maximum atomic E-state index is 12.2. The highest BCUT2D eigenvalue weighted by Crippen LogP contribution is 2.22. The Morgan fingerprint density at radius 2 is 1.60 bits per heavy atom. The number of allylic oxidation sites excluding steroid dienone is 1. The molecule has 0 aromatic carbocycles. The fourth-order valence-electron chi connectivity index (χ4n) is 2.55. The van der Waals surface area contributed by atoms with Gasteiger partial charge >= 0.3 is 12.1 Å². The van der Waals surface area contributed by atoms with Crippen molar-refractivity contribution in [2.75, 3.05) is 0 Å². The van der Waals surface area contributed by atoms with Crippen molar-refractivity contribution in [2.24, 2.45) is 0 Å². The molecule has 1 unspecified atom stereocenters. The molecule has 1 amide bonds. The first kappa shape index (κ1) is 23.5. The predicted octanol–water partition coefficient (Wildman–Crippen LogP) is 5.44. The number of carbonyl (C=O) groups is 2. The van der Waals surface area contributed by atoms with E-state index in [0.717, 1.165) is 38.5 Å². The van der Waals surface area contributed by atoms with Crippen molar-refractivity contribution in [3.8, 4) is 0 Å². The summed E-state index contributed by atoms with van der Waals surface area (Å²) in [4.78, 5) is 24.1. The number of unbranched alkanes of at least 4 members (excludes halogenated alkanes) is 5. The van der Waals surface area contributed by atoms with Crippen molar-refractivity contribution < 1.29 is 19.4 Å². The molecule has 25 heavy (non-hydrogen) atoms. The lowest BCUT2D eigenvalue weighted by Crippen LogP contribution is -2.55. The van der Waals surface area contributed by atoms with Gasteiger partial charge in [-0.05, 0) is 46.5 Å². The summed E-state index contributed by atoms with van der Waals surface area (Å²) in [6.45, 7) is 9.51. The molecule has 0 spiro atoms. The Hall–Kier alpha value is -1.52.